The van der Waals surface area contributed by atoms with Gasteiger partial charge in [-0.1, -0.05) is 6.07 Å². The van der Waals surface area contributed by atoms with Crippen LogP contribution in [0.4, 0.5) is 8.78 Å². The van der Waals surface area contributed by atoms with E-state index in [9.17, 15) is 13.6 Å². The first-order valence-electron chi connectivity index (χ1n) is 2.80. The van der Waals surface area contributed by atoms with Crippen molar-refractivity contribution < 1.29 is 49.7 Å². The summed E-state index contributed by atoms with van der Waals surface area (Å²) in [5.74, 6) is -3.71. The van der Waals surface area contributed by atoms with Crippen molar-refractivity contribution in [3.63, 3.8) is 0 Å². The van der Waals surface area contributed by atoms with Gasteiger partial charge in [-0.25, -0.2) is 13.6 Å². The normalized spacial score (nSPS) is 8.83. The third-order valence-electron chi connectivity index (χ3n) is 1.18. The molecular formula is C7H5F2NaO2. The van der Waals surface area contributed by atoms with Crippen molar-refractivity contribution in [2.75, 3.05) is 0 Å². The standard InChI is InChI=1S/C7H4F2O2.Na.H/c8-4-2-1-3-5(9)6(4)7(10)11;;/h1-3H,(H,10,11);;/q;+1;-1. The van der Waals surface area contributed by atoms with E-state index >= 15 is 0 Å². The molecule has 12 heavy (non-hydrogen) atoms. The van der Waals surface area contributed by atoms with Gasteiger partial charge in [-0.15, -0.1) is 0 Å². The summed E-state index contributed by atoms with van der Waals surface area (Å²) in [6.07, 6.45) is 0. The molecule has 0 radical (unpaired) electrons. The quantitative estimate of drug-likeness (QED) is 0.553. The van der Waals surface area contributed by atoms with Crippen molar-refractivity contribution in [1.29, 1.82) is 0 Å². The SMILES string of the molecule is O=C(O)c1c(F)cccc1F.[H-].[Na+]. The maximum atomic E-state index is 12.5. The third kappa shape index (κ3) is 2.27. The second-order valence-electron chi connectivity index (χ2n) is 1.90. The number of hydrogen-bond donors (Lipinski definition) is 1. The van der Waals surface area contributed by atoms with Crippen LogP contribution in [0.15, 0.2) is 18.2 Å². The van der Waals surface area contributed by atoms with Crippen LogP contribution < -0.4 is 29.6 Å². The summed E-state index contributed by atoms with van der Waals surface area (Å²) in [4.78, 5) is 10.2. The first-order valence-corrected chi connectivity index (χ1v) is 2.80. The van der Waals surface area contributed by atoms with E-state index in [0.717, 1.165) is 18.2 Å². The number of hydrogen-bond acceptors (Lipinski definition) is 1. The Labute approximate surface area is 91.0 Å². The maximum absolute atomic E-state index is 12.5. The van der Waals surface area contributed by atoms with E-state index in [1.54, 1.807) is 0 Å². The molecule has 0 bridgehead atoms. The van der Waals surface area contributed by atoms with Crippen LogP contribution in [0.5, 0.6) is 0 Å². The van der Waals surface area contributed by atoms with E-state index in [1.807, 2.05) is 0 Å². The van der Waals surface area contributed by atoms with Crippen LogP contribution in [0.25, 0.3) is 0 Å². The van der Waals surface area contributed by atoms with E-state index in [-0.39, 0.29) is 31.0 Å². The monoisotopic (exact) mass is 182 g/mol. The number of halogens is 2. The fourth-order valence-corrected chi connectivity index (χ4v) is 0.702. The summed E-state index contributed by atoms with van der Waals surface area (Å²) in [6, 6.07) is 2.90. The minimum absolute atomic E-state index is 0. The number of aromatic carboxylic acids is 1. The van der Waals surface area contributed by atoms with Crippen LogP contribution in [-0.4, -0.2) is 11.1 Å². The van der Waals surface area contributed by atoms with Crippen molar-refractivity contribution in [3.05, 3.63) is 35.4 Å². The molecule has 0 spiro atoms. The van der Waals surface area contributed by atoms with Gasteiger partial charge in [0.25, 0.3) is 0 Å². The molecule has 0 aliphatic heterocycles. The van der Waals surface area contributed by atoms with Crippen molar-refractivity contribution in [3.8, 4) is 0 Å². The topological polar surface area (TPSA) is 37.3 Å². The Morgan fingerprint density at radius 3 is 2.00 bits per heavy atom. The molecule has 60 valence electrons. The molecule has 1 aromatic rings. The van der Waals surface area contributed by atoms with Gasteiger partial charge in [0.15, 0.2) is 0 Å². The zero-order valence-corrected chi connectivity index (χ0v) is 8.34. The molecule has 5 heteroatoms. The van der Waals surface area contributed by atoms with Gasteiger partial charge in [0, 0.05) is 0 Å². The Kier molecular flexibility index (Phi) is 4.37. The Bertz CT molecular complexity index is 286. The third-order valence-corrected chi connectivity index (χ3v) is 1.18. The van der Waals surface area contributed by atoms with E-state index in [4.69, 9.17) is 5.11 Å². The molecule has 0 aliphatic rings. The van der Waals surface area contributed by atoms with E-state index in [1.165, 1.54) is 0 Å². The van der Waals surface area contributed by atoms with Crippen molar-refractivity contribution in [2.45, 2.75) is 0 Å². The van der Waals surface area contributed by atoms with E-state index < -0.39 is 23.2 Å². The molecule has 1 N–H and O–H groups in total. The van der Waals surface area contributed by atoms with Gasteiger partial charge in [0.1, 0.15) is 17.2 Å². The first kappa shape index (κ1) is 11.6. The largest absolute Gasteiger partial charge is 1.00 e. The smallest absolute Gasteiger partial charge is 1.00 e. The Morgan fingerprint density at radius 2 is 1.75 bits per heavy atom. The Hall–Kier alpha value is -0.450. The molecule has 0 heterocycles. The van der Waals surface area contributed by atoms with Gasteiger partial charge >= 0.3 is 35.5 Å². The molecule has 0 fully saturated rings. The van der Waals surface area contributed by atoms with Gasteiger partial charge in [0.2, 0.25) is 0 Å². The van der Waals surface area contributed by atoms with Gasteiger partial charge < -0.3 is 6.53 Å². The van der Waals surface area contributed by atoms with Crippen molar-refractivity contribution >= 4 is 5.97 Å². The zero-order chi connectivity index (χ0) is 8.43. The van der Waals surface area contributed by atoms with Crippen molar-refractivity contribution in [2.24, 2.45) is 0 Å². The summed E-state index contributed by atoms with van der Waals surface area (Å²) in [6.45, 7) is 0. The summed E-state index contributed by atoms with van der Waals surface area (Å²) in [5, 5.41) is 8.27. The van der Waals surface area contributed by atoms with Gasteiger partial charge in [-0.05, 0) is 12.1 Å². The maximum Gasteiger partial charge on any atom is 1.00 e. The zero-order valence-electron chi connectivity index (χ0n) is 7.34. The average molecular weight is 182 g/mol. The predicted octanol–water partition coefficient (Wildman–Crippen LogP) is -1.22. The first-order chi connectivity index (χ1) is 5.13. The van der Waals surface area contributed by atoms with Gasteiger partial charge in [0.05, 0.1) is 0 Å². The second kappa shape index (κ2) is 4.54. The van der Waals surface area contributed by atoms with Gasteiger partial charge in [-0.2, -0.15) is 0 Å². The minimum atomic E-state index is -1.60. The molecule has 0 unspecified atom stereocenters. The minimum Gasteiger partial charge on any atom is -1.00 e. The number of carboxylic acids is 1. The van der Waals surface area contributed by atoms with Crippen LogP contribution >= 0.6 is 0 Å². The molecule has 2 nitrogen and oxygen atoms in total. The van der Waals surface area contributed by atoms with Crippen molar-refractivity contribution in [1.82, 2.24) is 0 Å². The molecule has 0 saturated carbocycles. The van der Waals surface area contributed by atoms with E-state index in [2.05, 4.69) is 0 Å². The molecule has 0 atom stereocenters. The number of carboxylic acid groups (broad SMARTS) is 1. The fourth-order valence-electron chi connectivity index (χ4n) is 0.702. The Balaban J connectivity index is 0. The number of rotatable bonds is 1. The van der Waals surface area contributed by atoms with Crippen LogP contribution in [-0.2, 0) is 0 Å². The summed E-state index contributed by atoms with van der Waals surface area (Å²) in [5.41, 5.74) is -0.910. The summed E-state index contributed by atoms with van der Waals surface area (Å²) < 4.78 is 25.0. The molecule has 1 aromatic carbocycles. The average Bonchev–Trinajstić information content (AvgIpc) is 1.85. The van der Waals surface area contributed by atoms with Crippen LogP contribution in [0.1, 0.15) is 11.8 Å². The van der Waals surface area contributed by atoms with Crippen LogP contribution in [0, 0.1) is 11.6 Å². The number of benzene rings is 1. The molecule has 0 amide bonds. The molecule has 1 rings (SSSR count). The number of carbonyl (C=O) groups is 1. The molecule has 0 saturated heterocycles. The van der Waals surface area contributed by atoms with Crippen LogP contribution in [0.3, 0.4) is 0 Å². The fraction of sp³-hybridized carbons (Fsp3) is 0. The van der Waals surface area contributed by atoms with E-state index in [0.29, 0.717) is 0 Å². The second-order valence-corrected chi connectivity index (χ2v) is 1.90. The Morgan fingerprint density at radius 1 is 1.33 bits per heavy atom. The predicted molar refractivity (Wildman–Crippen MR) is 34.4 cm³/mol. The molecule has 0 aromatic heterocycles. The summed E-state index contributed by atoms with van der Waals surface area (Å²) in [7, 11) is 0. The van der Waals surface area contributed by atoms with Crippen LogP contribution in [0.2, 0.25) is 0 Å². The summed E-state index contributed by atoms with van der Waals surface area (Å²) >= 11 is 0. The molecular weight excluding hydrogens is 177 g/mol. The van der Waals surface area contributed by atoms with Gasteiger partial charge in [-0.3, -0.25) is 0 Å². The molecule has 0 aliphatic carbocycles.